The molecule has 37 heavy (non-hydrogen) atoms. The van der Waals surface area contributed by atoms with E-state index >= 15 is 0 Å². The Bertz CT molecular complexity index is 1150. The largest absolute Gasteiger partial charge is 0.444 e. The van der Waals surface area contributed by atoms with E-state index in [-0.39, 0.29) is 0 Å². The van der Waals surface area contributed by atoms with Gasteiger partial charge in [-0.25, -0.2) is 4.79 Å². The molecule has 2 atom stereocenters. The summed E-state index contributed by atoms with van der Waals surface area (Å²) in [4.78, 5) is 41.5. The molecule has 8 nitrogen and oxygen atoms in total. The van der Waals surface area contributed by atoms with Gasteiger partial charge in [-0.1, -0.05) is 36.3 Å². The Kier molecular flexibility index (Phi) is 9.49. The summed E-state index contributed by atoms with van der Waals surface area (Å²) in [6.45, 7) is 11.6. The highest BCUT2D eigenvalue weighted by Gasteiger charge is 2.42. The summed E-state index contributed by atoms with van der Waals surface area (Å²) in [6.07, 6.45) is 4.65. The van der Waals surface area contributed by atoms with Crippen molar-refractivity contribution in [2.75, 3.05) is 11.9 Å². The fraction of sp³-hybridized carbons (Fsp3) is 0.414. The summed E-state index contributed by atoms with van der Waals surface area (Å²) in [5.74, 6) is 1.44. The molecule has 0 spiro atoms. The van der Waals surface area contributed by atoms with Crippen molar-refractivity contribution in [3.63, 3.8) is 0 Å². The summed E-state index contributed by atoms with van der Waals surface area (Å²) in [5.41, 5.74) is 0.900. The van der Waals surface area contributed by atoms with E-state index in [1.165, 1.54) is 4.90 Å². The summed E-state index contributed by atoms with van der Waals surface area (Å²) in [6, 6.07) is 11.6. The van der Waals surface area contributed by atoms with Gasteiger partial charge in [-0.3, -0.25) is 9.59 Å². The number of aryl methyl sites for hydroxylation is 1. The summed E-state index contributed by atoms with van der Waals surface area (Å²) >= 11 is 0. The molecule has 2 aromatic rings. The third-order valence-electron chi connectivity index (χ3n) is 5.43. The lowest BCUT2D eigenvalue weighted by atomic mass is 9.94. The van der Waals surface area contributed by atoms with Crippen LogP contribution in [-0.2, 0) is 14.3 Å². The Balaban J connectivity index is 2.56. The number of anilines is 1. The molecular formula is C29H37N3O5. The lowest BCUT2D eigenvalue weighted by Crippen LogP contribution is -2.59. The van der Waals surface area contributed by atoms with Crippen LogP contribution in [0.5, 0.6) is 0 Å². The topological polar surface area (TPSA) is 108 Å². The average Bonchev–Trinajstić information content (AvgIpc) is 2.80. The van der Waals surface area contributed by atoms with Crippen LogP contribution in [-0.4, -0.2) is 51.7 Å². The van der Waals surface area contributed by atoms with Crippen LogP contribution < -0.4 is 10.6 Å². The number of nitrogens with zero attached hydrogens (tertiary/aromatic N) is 1. The number of nitrogens with one attached hydrogen (secondary N) is 2. The molecule has 0 aliphatic rings. The number of para-hydroxylation sites is 1. The Morgan fingerprint density at radius 3 is 2.11 bits per heavy atom. The Morgan fingerprint density at radius 1 is 1.03 bits per heavy atom. The van der Waals surface area contributed by atoms with Crippen LogP contribution in [0.1, 0.15) is 64.3 Å². The first kappa shape index (κ1) is 29.4. The minimum atomic E-state index is -1.34. The SMILES string of the molecule is C#Cc1ccc(C(C(=O)Nc2ccccc2C)N(C(=O)C(CO)NC(=O)OC(C)(C)C)C(C)(C)C)cc1. The zero-order valence-electron chi connectivity index (χ0n) is 22.6. The fourth-order valence-corrected chi connectivity index (χ4v) is 3.74. The third-order valence-corrected chi connectivity index (χ3v) is 5.43. The summed E-state index contributed by atoms with van der Waals surface area (Å²) in [5, 5.41) is 15.4. The molecule has 0 aliphatic heterocycles. The molecule has 198 valence electrons. The van der Waals surface area contributed by atoms with E-state index in [0.29, 0.717) is 16.8 Å². The van der Waals surface area contributed by atoms with Gasteiger partial charge in [0.15, 0.2) is 0 Å². The molecule has 0 fully saturated rings. The number of alkyl carbamates (subject to hydrolysis) is 1. The van der Waals surface area contributed by atoms with Crippen molar-refractivity contribution < 1.29 is 24.2 Å². The van der Waals surface area contributed by atoms with Crippen LogP contribution in [0.15, 0.2) is 48.5 Å². The lowest BCUT2D eigenvalue weighted by molar-refractivity contribution is -0.147. The minimum absolute atomic E-state index is 0.458. The highest BCUT2D eigenvalue weighted by Crippen LogP contribution is 2.31. The molecule has 2 aromatic carbocycles. The second-order valence-corrected chi connectivity index (χ2v) is 10.7. The Labute approximate surface area is 219 Å². The number of amides is 3. The standard InChI is InChI=1S/C29H37N3O5/c1-9-20-14-16-21(17-15-20)24(25(34)30-22-13-11-10-12-19(22)2)32(28(3,4)5)26(35)23(18-33)31-27(36)37-29(6,7)8/h1,10-17,23-24,33H,18H2,2-8H3,(H,30,34)(H,31,36). The van der Waals surface area contributed by atoms with E-state index in [0.717, 1.165) is 5.56 Å². The average molecular weight is 508 g/mol. The van der Waals surface area contributed by atoms with Gasteiger partial charge < -0.3 is 25.4 Å². The number of benzene rings is 2. The van der Waals surface area contributed by atoms with Gasteiger partial charge in [0.25, 0.3) is 5.91 Å². The van der Waals surface area contributed by atoms with Crippen molar-refractivity contribution in [2.45, 2.75) is 71.7 Å². The molecule has 0 radical (unpaired) electrons. The van der Waals surface area contributed by atoms with Crippen LogP contribution in [0.3, 0.4) is 0 Å². The quantitative estimate of drug-likeness (QED) is 0.488. The number of hydrogen-bond donors (Lipinski definition) is 3. The highest BCUT2D eigenvalue weighted by molar-refractivity contribution is 5.99. The molecule has 8 heteroatoms. The van der Waals surface area contributed by atoms with Gasteiger partial charge in [0.2, 0.25) is 5.91 Å². The number of aliphatic hydroxyl groups excluding tert-OH is 1. The predicted molar refractivity (Wildman–Crippen MR) is 144 cm³/mol. The van der Waals surface area contributed by atoms with E-state index in [2.05, 4.69) is 16.6 Å². The van der Waals surface area contributed by atoms with Crippen molar-refractivity contribution in [3.05, 3.63) is 65.2 Å². The van der Waals surface area contributed by atoms with Crippen molar-refractivity contribution in [2.24, 2.45) is 0 Å². The predicted octanol–water partition coefficient (Wildman–Crippen LogP) is 4.17. The summed E-state index contributed by atoms with van der Waals surface area (Å²) < 4.78 is 5.27. The molecule has 0 saturated carbocycles. The van der Waals surface area contributed by atoms with Crippen molar-refractivity contribution in [3.8, 4) is 12.3 Å². The van der Waals surface area contributed by atoms with Gasteiger partial charge in [-0.2, -0.15) is 0 Å². The van der Waals surface area contributed by atoms with Gasteiger partial charge in [0.1, 0.15) is 17.7 Å². The van der Waals surface area contributed by atoms with Gasteiger partial charge in [-0.05, 0) is 77.8 Å². The van der Waals surface area contributed by atoms with E-state index in [9.17, 15) is 19.5 Å². The van der Waals surface area contributed by atoms with Crippen LogP contribution in [0.2, 0.25) is 0 Å². The van der Waals surface area contributed by atoms with Crippen LogP contribution in [0.25, 0.3) is 0 Å². The van der Waals surface area contributed by atoms with Crippen molar-refractivity contribution in [1.29, 1.82) is 0 Å². The molecule has 3 amide bonds. The van der Waals surface area contributed by atoms with Crippen LogP contribution >= 0.6 is 0 Å². The monoisotopic (exact) mass is 507 g/mol. The fourth-order valence-electron chi connectivity index (χ4n) is 3.74. The maximum Gasteiger partial charge on any atom is 0.408 e. The first-order chi connectivity index (χ1) is 17.2. The molecule has 3 N–H and O–H groups in total. The molecule has 0 heterocycles. The van der Waals surface area contributed by atoms with Crippen molar-refractivity contribution in [1.82, 2.24) is 10.2 Å². The number of hydrogen-bond acceptors (Lipinski definition) is 5. The smallest absolute Gasteiger partial charge is 0.408 e. The Morgan fingerprint density at radius 2 is 1.62 bits per heavy atom. The molecule has 2 rings (SSSR count). The third kappa shape index (κ3) is 8.09. The maximum absolute atomic E-state index is 13.9. The molecule has 0 saturated heterocycles. The zero-order chi connectivity index (χ0) is 28.0. The van der Waals surface area contributed by atoms with Crippen LogP contribution in [0, 0.1) is 19.3 Å². The zero-order valence-corrected chi connectivity index (χ0v) is 22.6. The molecule has 0 aliphatic carbocycles. The highest BCUT2D eigenvalue weighted by atomic mass is 16.6. The van der Waals surface area contributed by atoms with Gasteiger partial charge in [0, 0.05) is 16.8 Å². The Hall–Kier alpha value is -3.83. The second kappa shape index (κ2) is 11.9. The van der Waals surface area contributed by atoms with Crippen molar-refractivity contribution >= 4 is 23.6 Å². The van der Waals surface area contributed by atoms with Crippen LogP contribution in [0.4, 0.5) is 10.5 Å². The second-order valence-electron chi connectivity index (χ2n) is 10.7. The van der Waals surface area contributed by atoms with E-state index in [4.69, 9.17) is 11.2 Å². The number of carbonyl (C=O) groups is 3. The summed E-state index contributed by atoms with van der Waals surface area (Å²) in [7, 11) is 0. The molecule has 2 unspecified atom stereocenters. The molecule has 0 aromatic heterocycles. The first-order valence-electron chi connectivity index (χ1n) is 12.0. The van der Waals surface area contributed by atoms with E-state index in [1.54, 1.807) is 77.9 Å². The van der Waals surface area contributed by atoms with Gasteiger partial charge in [0.05, 0.1) is 6.61 Å². The number of aliphatic hydroxyl groups is 1. The first-order valence-corrected chi connectivity index (χ1v) is 12.0. The maximum atomic E-state index is 13.9. The van der Waals surface area contributed by atoms with E-state index < -0.39 is 47.7 Å². The molecular weight excluding hydrogens is 470 g/mol. The normalized spacial score (nSPS) is 13.1. The lowest BCUT2D eigenvalue weighted by Gasteiger charge is -2.42. The number of carbonyl (C=O) groups excluding carboxylic acids is 3. The molecule has 0 bridgehead atoms. The van der Waals surface area contributed by atoms with E-state index in [1.807, 2.05) is 19.1 Å². The number of rotatable bonds is 7. The van der Waals surface area contributed by atoms with Gasteiger partial charge >= 0.3 is 6.09 Å². The van der Waals surface area contributed by atoms with Gasteiger partial charge in [-0.15, -0.1) is 6.42 Å². The minimum Gasteiger partial charge on any atom is -0.444 e. The number of terminal acetylenes is 1. The number of ether oxygens (including phenoxy) is 1.